The molecule has 0 unspecified atom stereocenters. The first-order valence-electron chi connectivity index (χ1n) is 8.52. The van der Waals surface area contributed by atoms with Gasteiger partial charge in [0.25, 0.3) is 0 Å². The van der Waals surface area contributed by atoms with Gasteiger partial charge in [0.05, 0.1) is 14.2 Å². The Balaban J connectivity index is 1.84. The lowest BCUT2D eigenvalue weighted by molar-refractivity contribution is 0.354. The number of hydrogen-bond acceptors (Lipinski definition) is 4. The fraction of sp³-hybridized carbons (Fsp3) is 0.421. The highest BCUT2D eigenvalue weighted by atomic mass is 32.1. The van der Waals surface area contributed by atoms with E-state index in [9.17, 15) is 0 Å². The van der Waals surface area contributed by atoms with Crippen LogP contribution in [0.2, 0.25) is 0 Å². The highest BCUT2D eigenvalue weighted by Crippen LogP contribution is 2.27. The lowest BCUT2D eigenvalue weighted by Crippen LogP contribution is -2.38. The molecule has 0 aliphatic carbocycles. The number of nitrogens with zero attached hydrogens (tertiary/aromatic N) is 1. The minimum Gasteiger partial charge on any atom is -0.493 e. The van der Waals surface area contributed by atoms with Gasteiger partial charge in [0, 0.05) is 30.9 Å². The summed E-state index contributed by atoms with van der Waals surface area (Å²) in [5.41, 5.74) is 1.19. The van der Waals surface area contributed by atoms with Crippen LogP contribution in [0.5, 0.6) is 11.5 Å². The molecular formula is C19H27N3O2S. The van der Waals surface area contributed by atoms with Crippen molar-refractivity contribution in [2.75, 3.05) is 33.9 Å². The second-order valence-electron chi connectivity index (χ2n) is 5.46. The van der Waals surface area contributed by atoms with Gasteiger partial charge in [-0.1, -0.05) is 12.1 Å². The molecule has 0 amide bonds. The molecule has 6 heteroatoms. The summed E-state index contributed by atoms with van der Waals surface area (Å²) in [5, 5.41) is 8.78. The molecule has 0 aliphatic rings. The summed E-state index contributed by atoms with van der Waals surface area (Å²) >= 11 is 1.78. The van der Waals surface area contributed by atoms with E-state index >= 15 is 0 Å². The summed E-state index contributed by atoms with van der Waals surface area (Å²) in [6.45, 7) is 4.51. The maximum absolute atomic E-state index is 5.35. The van der Waals surface area contributed by atoms with Crippen molar-refractivity contribution in [3.05, 3.63) is 46.2 Å². The molecule has 0 bridgehead atoms. The third-order valence-corrected chi connectivity index (χ3v) is 4.64. The molecule has 1 aromatic carbocycles. The smallest absolute Gasteiger partial charge is 0.191 e. The Bertz CT molecular complexity index is 657. The van der Waals surface area contributed by atoms with Gasteiger partial charge in [-0.15, -0.1) is 11.3 Å². The number of ether oxygens (including phenoxy) is 2. The molecule has 2 aromatic rings. The molecule has 1 heterocycles. The summed E-state index contributed by atoms with van der Waals surface area (Å²) in [7, 11) is 3.30. The van der Waals surface area contributed by atoms with Crippen molar-refractivity contribution in [3.63, 3.8) is 0 Å². The van der Waals surface area contributed by atoms with E-state index in [-0.39, 0.29) is 0 Å². The molecule has 2 rings (SSSR count). The first kappa shape index (κ1) is 19.1. The van der Waals surface area contributed by atoms with Gasteiger partial charge in [-0.3, -0.25) is 4.99 Å². The van der Waals surface area contributed by atoms with E-state index < -0.39 is 0 Å². The van der Waals surface area contributed by atoms with Gasteiger partial charge in [0.15, 0.2) is 17.5 Å². The molecule has 25 heavy (non-hydrogen) atoms. The Morgan fingerprint density at radius 1 is 1.08 bits per heavy atom. The number of nitrogens with one attached hydrogen (secondary N) is 2. The van der Waals surface area contributed by atoms with Gasteiger partial charge in [-0.05, 0) is 42.5 Å². The molecule has 0 atom stereocenters. The van der Waals surface area contributed by atoms with Crippen molar-refractivity contribution in [1.29, 1.82) is 0 Å². The number of aliphatic imine (C=N–C) groups is 1. The van der Waals surface area contributed by atoms with Crippen LogP contribution < -0.4 is 20.1 Å². The standard InChI is InChI=1S/C19H27N3O2S/c1-4-20-19(22-12-10-16-6-5-13-25-16)21-11-9-15-7-8-17(23-2)18(14-15)24-3/h5-8,13-14H,4,9-12H2,1-3H3,(H2,20,21,22). The van der Waals surface area contributed by atoms with Crippen LogP contribution in [0.4, 0.5) is 0 Å². The van der Waals surface area contributed by atoms with Crippen molar-refractivity contribution < 1.29 is 9.47 Å². The predicted octanol–water partition coefficient (Wildman–Crippen LogP) is 3.11. The Morgan fingerprint density at radius 2 is 1.92 bits per heavy atom. The lowest BCUT2D eigenvalue weighted by atomic mass is 10.1. The zero-order valence-electron chi connectivity index (χ0n) is 15.2. The van der Waals surface area contributed by atoms with E-state index in [1.54, 1.807) is 25.6 Å². The maximum Gasteiger partial charge on any atom is 0.191 e. The van der Waals surface area contributed by atoms with Gasteiger partial charge in [-0.2, -0.15) is 0 Å². The van der Waals surface area contributed by atoms with Crippen LogP contribution in [-0.2, 0) is 12.8 Å². The zero-order chi connectivity index (χ0) is 17.9. The molecule has 0 radical (unpaired) electrons. The Labute approximate surface area is 154 Å². The van der Waals surface area contributed by atoms with Gasteiger partial charge in [0.1, 0.15) is 0 Å². The molecular weight excluding hydrogens is 334 g/mol. The number of thiophene rings is 1. The maximum atomic E-state index is 5.35. The molecule has 0 aliphatic heterocycles. The third-order valence-electron chi connectivity index (χ3n) is 3.71. The number of rotatable bonds is 9. The summed E-state index contributed by atoms with van der Waals surface area (Å²) in [5.74, 6) is 2.37. The quantitative estimate of drug-likeness (QED) is 0.532. The van der Waals surface area contributed by atoms with E-state index in [4.69, 9.17) is 9.47 Å². The van der Waals surface area contributed by atoms with Crippen LogP contribution in [0.1, 0.15) is 17.4 Å². The van der Waals surface area contributed by atoms with Crippen molar-refractivity contribution in [1.82, 2.24) is 10.6 Å². The molecule has 1 aromatic heterocycles. The first-order valence-corrected chi connectivity index (χ1v) is 9.40. The van der Waals surface area contributed by atoms with Gasteiger partial charge in [-0.25, -0.2) is 0 Å². The van der Waals surface area contributed by atoms with E-state index in [1.807, 2.05) is 12.1 Å². The average molecular weight is 362 g/mol. The van der Waals surface area contributed by atoms with Crippen LogP contribution in [0.15, 0.2) is 40.7 Å². The number of hydrogen-bond donors (Lipinski definition) is 2. The number of benzene rings is 1. The monoisotopic (exact) mass is 361 g/mol. The highest BCUT2D eigenvalue weighted by molar-refractivity contribution is 7.09. The van der Waals surface area contributed by atoms with Crippen LogP contribution in [0.25, 0.3) is 0 Å². The fourth-order valence-corrected chi connectivity index (χ4v) is 3.13. The third kappa shape index (κ3) is 6.31. The summed E-state index contributed by atoms with van der Waals surface area (Å²) in [6, 6.07) is 10.2. The molecule has 2 N–H and O–H groups in total. The molecule has 0 spiro atoms. The van der Waals surface area contributed by atoms with Crippen molar-refractivity contribution in [2.45, 2.75) is 19.8 Å². The Hall–Kier alpha value is -2.21. The Morgan fingerprint density at radius 3 is 2.60 bits per heavy atom. The first-order chi connectivity index (χ1) is 12.3. The van der Waals surface area contributed by atoms with E-state index in [0.29, 0.717) is 0 Å². The van der Waals surface area contributed by atoms with Crippen LogP contribution in [0, 0.1) is 0 Å². The Kier molecular flexibility index (Phi) is 8.12. The number of guanidine groups is 1. The van der Waals surface area contributed by atoms with E-state index in [0.717, 1.165) is 49.9 Å². The topological polar surface area (TPSA) is 54.9 Å². The van der Waals surface area contributed by atoms with Crippen molar-refractivity contribution in [3.8, 4) is 11.5 Å². The van der Waals surface area contributed by atoms with Crippen LogP contribution in [-0.4, -0.2) is 39.8 Å². The van der Waals surface area contributed by atoms with Crippen LogP contribution in [0.3, 0.4) is 0 Å². The summed E-state index contributed by atoms with van der Waals surface area (Å²) in [6.07, 6.45) is 1.86. The molecule has 0 saturated heterocycles. The second kappa shape index (κ2) is 10.6. The highest BCUT2D eigenvalue weighted by Gasteiger charge is 2.05. The SMILES string of the molecule is CCNC(=NCCc1cccs1)NCCc1ccc(OC)c(OC)c1. The number of methoxy groups -OCH3 is 2. The van der Waals surface area contributed by atoms with Crippen molar-refractivity contribution >= 4 is 17.3 Å². The molecule has 0 fully saturated rings. The largest absolute Gasteiger partial charge is 0.493 e. The molecule has 5 nitrogen and oxygen atoms in total. The predicted molar refractivity (Wildman–Crippen MR) is 105 cm³/mol. The zero-order valence-corrected chi connectivity index (χ0v) is 16.0. The van der Waals surface area contributed by atoms with Crippen LogP contribution >= 0.6 is 11.3 Å². The minimum atomic E-state index is 0.752. The fourth-order valence-electron chi connectivity index (χ4n) is 2.44. The average Bonchev–Trinajstić information content (AvgIpc) is 3.15. The van der Waals surface area contributed by atoms with Gasteiger partial charge in [0.2, 0.25) is 0 Å². The summed E-state index contributed by atoms with van der Waals surface area (Å²) in [4.78, 5) is 6.00. The lowest BCUT2D eigenvalue weighted by Gasteiger charge is -2.12. The summed E-state index contributed by atoms with van der Waals surface area (Å²) < 4.78 is 10.6. The second-order valence-corrected chi connectivity index (χ2v) is 6.49. The van der Waals surface area contributed by atoms with Gasteiger partial charge >= 0.3 is 0 Å². The molecule has 0 saturated carbocycles. The molecule has 136 valence electrons. The van der Waals surface area contributed by atoms with E-state index in [1.165, 1.54) is 10.4 Å². The minimum absolute atomic E-state index is 0.752. The van der Waals surface area contributed by atoms with Crippen molar-refractivity contribution in [2.24, 2.45) is 4.99 Å². The van der Waals surface area contributed by atoms with E-state index in [2.05, 4.69) is 46.1 Å². The normalized spacial score (nSPS) is 11.2. The van der Waals surface area contributed by atoms with Gasteiger partial charge < -0.3 is 20.1 Å².